The summed E-state index contributed by atoms with van der Waals surface area (Å²) < 4.78 is 40.6. The van der Waals surface area contributed by atoms with Crippen LogP contribution < -0.4 is 5.32 Å². The number of thiophene rings is 1. The van der Waals surface area contributed by atoms with Crippen LogP contribution in [0.25, 0.3) is 0 Å². The van der Waals surface area contributed by atoms with E-state index < -0.39 is 12.8 Å². The van der Waals surface area contributed by atoms with Gasteiger partial charge in [-0.3, -0.25) is 0 Å². The normalized spacial score (nSPS) is 13.7. The molecule has 0 saturated carbocycles. The standard InChI is InChI=1S/C13H20F3NOS/c1-3-10-5-6-12(19-10)11(17-4-2)7-8-18-9-13(14,15)16/h5-6,11,17H,3-4,7-9H2,1-2H3. The van der Waals surface area contributed by atoms with E-state index in [1.165, 1.54) is 4.88 Å². The highest BCUT2D eigenvalue weighted by molar-refractivity contribution is 7.12. The maximum atomic E-state index is 12.0. The molecule has 0 fully saturated rings. The lowest BCUT2D eigenvalue weighted by Gasteiger charge is -2.16. The van der Waals surface area contributed by atoms with Crippen molar-refractivity contribution in [3.05, 3.63) is 21.9 Å². The summed E-state index contributed by atoms with van der Waals surface area (Å²) in [6.07, 6.45) is -2.71. The lowest BCUT2D eigenvalue weighted by Crippen LogP contribution is -2.23. The maximum absolute atomic E-state index is 12.0. The smallest absolute Gasteiger partial charge is 0.372 e. The van der Waals surface area contributed by atoms with Gasteiger partial charge in [-0.1, -0.05) is 13.8 Å². The van der Waals surface area contributed by atoms with E-state index in [1.54, 1.807) is 11.3 Å². The fraction of sp³-hybridized carbons (Fsp3) is 0.692. The van der Waals surface area contributed by atoms with Crippen molar-refractivity contribution in [1.29, 1.82) is 0 Å². The van der Waals surface area contributed by atoms with Crippen LogP contribution >= 0.6 is 11.3 Å². The third-order valence-electron chi connectivity index (χ3n) is 2.64. The molecule has 110 valence electrons. The van der Waals surface area contributed by atoms with E-state index in [0.717, 1.165) is 17.8 Å². The molecule has 19 heavy (non-hydrogen) atoms. The summed E-state index contributed by atoms with van der Waals surface area (Å²) in [5.74, 6) is 0. The van der Waals surface area contributed by atoms with Crippen molar-refractivity contribution in [3.8, 4) is 0 Å². The van der Waals surface area contributed by atoms with Crippen molar-refractivity contribution >= 4 is 11.3 Å². The molecule has 0 amide bonds. The Hall–Kier alpha value is -0.590. The van der Waals surface area contributed by atoms with E-state index in [-0.39, 0.29) is 12.6 Å². The minimum atomic E-state index is -4.24. The molecule has 6 heteroatoms. The summed E-state index contributed by atoms with van der Waals surface area (Å²) >= 11 is 1.70. The first kappa shape index (κ1) is 16.5. The molecule has 1 unspecified atom stereocenters. The van der Waals surface area contributed by atoms with Crippen LogP contribution in [-0.4, -0.2) is 25.9 Å². The molecule has 0 aromatic carbocycles. The molecule has 1 aromatic heterocycles. The maximum Gasteiger partial charge on any atom is 0.411 e. The quantitative estimate of drug-likeness (QED) is 0.734. The Morgan fingerprint density at radius 1 is 1.32 bits per heavy atom. The van der Waals surface area contributed by atoms with Crippen molar-refractivity contribution in [2.24, 2.45) is 0 Å². The molecule has 0 bridgehead atoms. The Bertz CT molecular complexity index is 365. The summed E-state index contributed by atoms with van der Waals surface area (Å²) in [6.45, 7) is 3.79. The van der Waals surface area contributed by atoms with Gasteiger partial charge < -0.3 is 10.1 Å². The second-order valence-electron chi connectivity index (χ2n) is 4.22. The van der Waals surface area contributed by atoms with Crippen LogP contribution in [0.3, 0.4) is 0 Å². The lowest BCUT2D eigenvalue weighted by atomic mass is 10.2. The Kier molecular flexibility index (Phi) is 6.82. The van der Waals surface area contributed by atoms with Gasteiger partial charge in [0, 0.05) is 22.4 Å². The van der Waals surface area contributed by atoms with Crippen molar-refractivity contribution in [1.82, 2.24) is 5.32 Å². The third kappa shape index (κ3) is 6.40. The van der Waals surface area contributed by atoms with Crippen molar-refractivity contribution < 1.29 is 17.9 Å². The van der Waals surface area contributed by atoms with Crippen LogP contribution in [0.1, 0.15) is 36.1 Å². The van der Waals surface area contributed by atoms with E-state index in [2.05, 4.69) is 23.0 Å². The SMILES string of the molecule is CCNC(CCOCC(F)(F)F)c1ccc(CC)s1. The molecule has 0 aliphatic carbocycles. The van der Waals surface area contributed by atoms with Crippen molar-refractivity contribution in [3.63, 3.8) is 0 Å². The highest BCUT2D eigenvalue weighted by Crippen LogP contribution is 2.26. The van der Waals surface area contributed by atoms with Gasteiger partial charge in [0.1, 0.15) is 6.61 Å². The van der Waals surface area contributed by atoms with E-state index >= 15 is 0 Å². The van der Waals surface area contributed by atoms with Crippen LogP contribution in [0.4, 0.5) is 13.2 Å². The first-order chi connectivity index (χ1) is 8.96. The second-order valence-corrected chi connectivity index (χ2v) is 5.42. The van der Waals surface area contributed by atoms with Crippen molar-refractivity contribution in [2.45, 2.75) is 38.9 Å². The molecule has 1 rings (SSSR count). The zero-order valence-corrected chi connectivity index (χ0v) is 12.0. The van der Waals surface area contributed by atoms with Gasteiger partial charge in [-0.25, -0.2) is 0 Å². The Morgan fingerprint density at radius 3 is 2.58 bits per heavy atom. The number of aryl methyl sites for hydroxylation is 1. The lowest BCUT2D eigenvalue weighted by molar-refractivity contribution is -0.174. The fourth-order valence-corrected chi connectivity index (χ4v) is 2.81. The number of hydrogen-bond acceptors (Lipinski definition) is 3. The molecule has 1 aromatic rings. The number of hydrogen-bond donors (Lipinski definition) is 1. The zero-order chi connectivity index (χ0) is 14.3. The molecule has 0 aliphatic heterocycles. The van der Waals surface area contributed by atoms with Gasteiger partial charge in [0.05, 0.1) is 0 Å². The van der Waals surface area contributed by atoms with Crippen LogP contribution in [0, 0.1) is 0 Å². The molecular formula is C13H20F3NOS. The van der Waals surface area contributed by atoms with Crippen molar-refractivity contribution in [2.75, 3.05) is 19.8 Å². The largest absolute Gasteiger partial charge is 0.411 e. The van der Waals surface area contributed by atoms with Gasteiger partial charge >= 0.3 is 6.18 Å². The minimum Gasteiger partial charge on any atom is -0.372 e. The van der Waals surface area contributed by atoms with Gasteiger partial charge in [0.2, 0.25) is 0 Å². The highest BCUT2D eigenvalue weighted by Gasteiger charge is 2.27. The Labute approximate surface area is 116 Å². The monoisotopic (exact) mass is 295 g/mol. The first-order valence-electron chi connectivity index (χ1n) is 6.42. The molecule has 1 atom stereocenters. The summed E-state index contributed by atoms with van der Waals surface area (Å²) in [5, 5.41) is 3.28. The molecule has 0 spiro atoms. The van der Waals surface area contributed by atoms with Crippen LogP contribution in [0.5, 0.6) is 0 Å². The average molecular weight is 295 g/mol. The topological polar surface area (TPSA) is 21.3 Å². The predicted molar refractivity (Wildman–Crippen MR) is 71.6 cm³/mol. The van der Waals surface area contributed by atoms with Gasteiger partial charge in [0.25, 0.3) is 0 Å². The summed E-state index contributed by atoms with van der Waals surface area (Å²) in [4.78, 5) is 2.45. The number of alkyl halides is 3. The first-order valence-corrected chi connectivity index (χ1v) is 7.24. The van der Waals surface area contributed by atoms with E-state index in [1.807, 2.05) is 13.0 Å². The molecule has 0 radical (unpaired) electrons. The highest BCUT2D eigenvalue weighted by atomic mass is 32.1. The summed E-state index contributed by atoms with van der Waals surface area (Å²) in [5.41, 5.74) is 0. The average Bonchev–Trinajstić information content (AvgIpc) is 2.80. The van der Waals surface area contributed by atoms with E-state index in [0.29, 0.717) is 6.42 Å². The Balaban J connectivity index is 2.44. The van der Waals surface area contributed by atoms with Gasteiger partial charge in [-0.05, 0) is 31.5 Å². The fourth-order valence-electron chi connectivity index (χ4n) is 1.75. The van der Waals surface area contributed by atoms with Crippen LogP contribution in [0.2, 0.25) is 0 Å². The number of rotatable bonds is 8. The number of nitrogens with one attached hydrogen (secondary N) is 1. The van der Waals surface area contributed by atoms with Crippen LogP contribution in [-0.2, 0) is 11.2 Å². The predicted octanol–water partition coefficient (Wildman–Crippen LogP) is 3.93. The molecule has 0 aliphatic rings. The third-order valence-corrected chi connectivity index (χ3v) is 3.98. The molecular weight excluding hydrogens is 275 g/mol. The second kappa shape index (κ2) is 7.87. The Morgan fingerprint density at radius 2 is 2.05 bits per heavy atom. The number of halogens is 3. The summed E-state index contributed by atoms with van der Waals surface area (Å²) in [6, 6.07) is 4.19. The van der Waals surface area contributed by atoms with Gasteiger partial charge in [-0.2, -0.15) is 13.2 Å². The van der Waals surface area contributed by atoms with E-state index in [4.69, 9.17) is 0 Å². The van der Waals surface area contributed by atoms with Crippen LogP contribution in [0.15, 0.2) is 12.1 Å². The minimum absolute atomic E-state index is 0.0727. The van der Waals surface area contributed by atoms with Gasteiger partial charge in [0.15, 0.2) is 0 Å². The molecule has 0 saturated heterocycles. The van der Waals surface area contributed by atoms with Gasteiger partial charge in [-0.15, -0.1) is 11.3 Å². The summed E-state index contributed by atoms with van der Waals surface area (Å²) in [7, 11) is 0. The zero-order valence-electron chi connectivity index (χ0n) is 11.2. The molecule has 1 N–H and O–H groups in total. The molecule has 2 nitrogen and oxygen atoms in total. The molecule has 1 heterocycles. The number of ether oxygens (including phenoxy) is 1. The van der Waals surface area contributed by atoms with E-state index in [9.17, 15) is 13.2 Å².